The second kappa shape index (κ2) is 7.86. The number of pyridine rings is 2. The molecule has 0 unspecified atom stereocenters. The van der Waals surface area contributed by atoms with Gasteiger partial charge in [-0.05, 0) is 55.5 Å². The Morgan fingerprint density at radius 3 is 2.39 bits per heavy atom. The van der Waals surface area contributed by atoms with Gasteiger partial charge in [0.25, 0.3) is 0 Å². The predicted octanol–water partition coefficient (Wildman–Crippen LogP) is 6.52. The Hall–Kier alpha value is -4.29. The van der Waals surface area contributed by atoms with Gasteiger partial charge in [0.1, 0.15) is 5.76 Å². The van der Waals surface area contributed by atoms with Crippen LogP contribution in [-0.2, 0) is 5.54 Å². The SMILES string of the molecule is Cc1occc1-c1nnc2c3cc(-c4ccccc4)c(-c4ccc(C5(N)CCC5)cc4)nc3ccn12. The lowest BCUT2D eigenvalue weighted by atomic mass is 9.72. The van der Waals surface area contributed by atoms with E-state index in [1.165, 1.54) is 12.0 Å². The zero-order chi connectivity index (χ0) is 24.3. The molecule has 1 aliphatic carbocycles. The molecule has 1 fully saturated rings. The van der Waals surface area contributed by atoms with Crippen molar-refractivity contribution < 1.29 is 4.42 Å². The van der Waals surface area contributed by atoms with Gasteiger partial charge in [0, 0.05) is 28.2 Å². The molecule has 6 aromatic rings. The number of rotatable bonds is 4. The molecule has 1 aliphatic rings. The summed E-state index contributed by atoms with van der Waals surface area (Å²) in [6, 6.07) is 25.1. The summed E-state index contributed by atoms with van der Waals surface area (Å²) >= 11 is 0. The highest BCUT2D eigenvalue weighted by atomic mass is 16.3. The Balaban J connectivity index is 1.43. The van der Waals surface area contributed by atoms with E-state index in [1.807, 2.05) is 35.7 Å². The largest absolute Gasteiger partial charge is 0.469 e. The first-order valence-corrected chi connectivity index (χ1v) is 12.3. The van der Waals surface area contributed by atoms with Crippen molar-refractivity contribution in [3.63, 3.8) is 0 Å². The molecular formula is C30H25N5O. The monoisotopic (exact) mass is 471 g/mol. The molecule has 0 amide bonds. The van der Waals surface area contributed by atoms with Gasteiger partial charge in [-0.25, -0.2) is 4.98 Å². The number of furan rings is 1. The average Bonchev–Trinajstić information content (AvgIpc) is 3.53. The van der Waals surface area contributed by atoms with Crippen LogP contribution in [-0.4, -0.2) is 19.6 Å². The van der Waals surface area contributed by atoms with Crippen LogP contribution in [0.2, 0.25) is 0 Å². The second-order valence-electron chi connectivity index (χ2n) is 9.69. The highest BCUT2D eigenvalue weighted by Gasteiger charge is 2.34. The van der Waals surface area contributed by atoms with Crippen LogP contribution in [0, 0.1) is 6.92 Å². The molecule has 2 N–H and O–H groups in total. The Bertz CT molecular complexity index is 1730. The maximum Gasteiger partial charge on any atom is 0.171 e. The maximum atomic E-state index is 6.57. The summed E-state index contributed by atoms with van der Waals surface area (Å²) in [5.74, 6) is 1.57. The van der Waals surface area contributed by atoms with E-state index in [2.05, 4.69) is 64.8 Å². The molecule has 4 aromatic heterocycles. The first-order valence-electron chi connectivity index (χ1n) is 12.3. The fourth-order valence-corrected chi connectivity index (χ4v) is 5.26. The van der Waals surface area contributed by atoms with Gasteiger partial charge in [-0.15, -0.1) is 10.2 Å². The third-order valence-electron chi connectivity index (χ3n) is 7.53. The van der Waals surface area contributed by atoms with Gasteiger partial charge in [0.05, 0.1) is 23.0 Å². The normalized spacial score (nSPS) is 14.8. The summed E-state index contributed by atoms with van der Waals surface area (Å²) in [6.07, 6.45) is 6.95. The Morgan fingerprint density at radius 1 is 0.889 bits per heavy atom. The van der Waals surface area contributed by atoms with Gasteiger partial charge in [0.2, 0.25) is 0 Å². The van der Waals surface area contributed by atoms with Crippen molar-refractivity contribution in [2.45, 2.75) is 31.7 Å². The predicted molar refractivity (Wildman–Crippen MR) is 141 cm³/mol. The molecule has 7 rings (SSSR count). The highest BCUT2D eigenvalue weighted by Crippen LogP contribution is 2.40. The lowest BCUT2D eigenvalue weighted by Crippen LogP contribution is -2.43. The average molecular weight is 472 g/mol. The van der Waals surface area contributed by atoms with E-state index in [1.54, 1.807) is 6.26 Å². The number of aryl methyl sites for hydroxylation is 1. The standard InChI is InChI=1S/C30H25N5O/c1-19-23(13-17-36-19)28-33-34-29-25-18-24(20-6-3-2-4-7-20)27(32-26(25)12-16-35(28)29)21-8-10-22(11-9-21)30(31)14-5-15-30/h2-4,6-13,16-18H,5,14-15,31H2,1H3. The number of hydrogen-bond donors (Lipinski definition) is 1. The first kappa shape index (κ1) is 21.0. The van der Waals surface area contributed by atoms with Crippen LogP contribution in [0.3, 0.4) is 0 Å². The van der Waals surface area contributed by atoms with E-state index < -0.39 is 0 Å². The molecule has 0 aliphatic heterocycles. The summed E-state index contributed by atoms with van der Waals surface area (Å²) in [5.41, 5.74) is 14.3. The van der Waals surface area contributed by atoms with Gasteiger partial charge in [-0.3, -0.25) is 4.40 Å². The molecule has 1 saturated carbocycles. The second-order valence-corrected chi connectivity index (χ2v) is 9.69. The quantitative estimate of drug-likeness (QED) is 0.317. The summed E-state index contributed by atoms with van der Waals surface area (Å²) in [5, 5.41) is 10.00. The van der Waals surface area contributed by atoms with Crippen LogP contribution in [0.15, 0.2) is 89.7 Å². The van der Waals surface area contributed by atoms with Gasteiger partial charge >= 0.3 is 0 Å². The Labute approximate surface area is 208 Å². The number of nitrogens with zero attached hydrogens (tertiary/aromatic N) is 4. The number of hydrogen-bond acceptors (Lipinski definition) is 5. The van der Waals surface area contributed by atoms with E-state index in [4.69, 9.17) is 15.1 Å². The molecule has 2 aromatic carbocycles. The topological polar surface area (TPSA) is 82.2 Å². The van der Waals surface area contributed by atoms with Crippen LogP contribution in [0.4, 0.5) is 0 Å². The molecule has 176 valence electrons. The number of nitrogens with two attached hydrogens (primary N) is 1. The van der Waals surface area contributed by atoms with Crippen molar-refractivity contribution in [1.82, 2.24) is 19.6 Å². The molecule has 4 heterocycles. The van der Waals surface area contributed by atoms with Crippen molar-refractivity contribution >= 4 is 16.6 Å². The Morgan fingerprint density at radius 2 is 1.69 bits per heavy atom. The van der Waals surface area contributed by atoms with Crippen molar-refractivity contribution in [3.05, 3.63) is 96.6 Å². The van der Waals surface area contributed by atoms with Gasteiger partial charge in [0.15, 0.2) is 11.5 Å². The first-order chi connectivity index (χ1) is 17.6. The molecule has 6 heteroatoms. The van der Waals surface area contributed by atoms with Crippen LogP contribution in [0.5, 0.6) is 0 Å². The van der Waals surface area contributed by atoms with Gasteiger partial charge in [-0.1, -0.05) is 54.6 Å². The minimum Gasteiger partial charge on any atom is -0.469 e. The number of fused-ring (bicyclic) bond motifs is 3. The van der Waals surface area contributed by atoms with Crippen LogP contribution < -0.4 is 5.73 Å². The minimum absolute atomic E-state index is 0.179. The Kier molecular flexibility index (Phi) is 4.59. The molecule has 0 bridgehead atoms. The molecule has 0 radical (unpaired) electrons. The smallest absolute Gasteiger partial charge is 0.171 e. The third kappa shape index (κ3) is 3.18. The summed E-state index contributed by atoms with van der Waals surface area (Å²) in [6.45, 7) is 1.93. The van der Waals surface area contributed by atoms with Crippen molar-refractivity contribution in [1.29, 1.82) is 0 Å². The van der Waals surface area contributed by atoms with Crippen LogP contribution >= 0.6 is 0 Å². The molecule has 36 heavy (non-hydrogen) atoms. The van der Waals surface area contributed by atoms with E-state index >= 15 is 0 Å². The highest BCUT2D eigenvalue weighted by molar-refractivity contribution is 5.98. The number of benzene rings is 2. The van der Waals surface area contributed by atoms with E-state index in [0.29, 0.717) is 0 Å². The summed E-state index contributed by atoms with van der Waals surface area (Å²) in [4.78, 5) is 5.16. The van der Waals surface area contributed by atoms with Gasteiger partial charge < -0.3 is 10.2 Å². The zero-order valence-corrected chi connectivity index (χ0v) is 20.0. The summed E-state index contributed by atoms with van der Waals surface area (Å²) in [7, 11) is 0. The molecule has 0 atom stereocenters. The maximum absolute atomic E-state index is 6.57. The van der Waals surface area contributed by atoms with Crippen molar-refractivity contribution in [2.75, 3.05) is 0 Å². The summed E-state index contributed by atoms with van der Waals surface area (Å²) < 4.78 is 7.51. The number of aromatic nitrogens is 4. The van der Waals surface area contributed by atoms with E-state index in [-0.39, 0.29) is 5.54 Å². The molecule has 6 nitrogen and oxygen atoms in total. The fraction of sp³-hybridized carbons (Fsp3) is 0.167. The lowest BCUT2D eigenvalue weighted by molar-refractivity contribution is 0.253. The molecule has 0 spiro atoms. The van der Waals surface area contributed by atoms with Crippen molar-refractivity contribution in [3.8, 4) is 33.8 Å². The van der Waals surface area contributed by atoms with Crippen LogP contribution in [0.1, 0.15) is 30.6 Å². The van der Waals surface area contributed by atoms with E-state index in [9.17, 15) is 0 Å². The fourth-order valence-electron chi connectivity index (χ4n) is 5.26. The third-order valence-corrected chi connectivity index (χ3v) is 7.53. The van der Waals surface area contributed by atoms with Gasteiger partial charge in [-0.2, -0.15) is 0 Å². The van der Waals surface area contributed by atoms with E-state index in [0.717, 1.165) is 68.9 Å². The minimum atomic E-state index is -0.179. The zero-order valence-electron chi connectivity index (χ0n) is 20.0. The molecular weight excluding hydrogens is 446 g/mol. The lowest BCUT2D eigenvalue weighted by Gasteiger charge is -2.38. The van der Waals surface area contributed by atoms with Crippen molar-refractivity contribution in [2.24, 2.45) is 5.73 Å². The van der Waals surface area contributed by atoms with Crippen LogP contribution in [0.25, 0.3) is 50.3 Å². The molecule has 0 saturated heterocycles.